The Morgan fingerprint density at radius 1 is 1.21 bits per heavy atom. The Morgan fingerprint density at radius 3 is 2.79 bits per heavy atom. The molecule has 0 fully saturated rings. The zero-order valence-electron chi connectivity index (χ0n) is 10.2. The van der Waals surface area contributed by atoms with Crippen molar-refractivity contribution in [2.45, 2.75) is 18.8 Å². The first-order valence-electron chi connectivity index (χ1n) is 6.22. The van der Waals surface area contributed by atoms with Gasteiger partial charge in [0.1, 0.15) is 5.82 Å². The Balaban J connectivity index is 1.79. The quantitative estimate of drug-likeness (QED) is 0.761. The molecule has 2 aromatic carbocycles. The normalized spacial score (nSPS) is 16.6. The first kappa shape index (κ1) is 12.5. The monoisotopic (exact) mass is 318 g/mol. The summed E-state index contributed by atoms with van der Waals surface area (Å²) in [4.78, 5) is 12.2. The second-order valence-electron chi connectivity index (χ2n) is 4.83. The number of benzene rings is 2. The fourth-order valence-electron chi connectivity index (χ4n) is 2.60. The molecule has 0 N–H and O–H groups in total. The molecule has 3 heteroatoms. The van der Waals surface area contributed by atoms with Crippen LogP contribution in [0.25, 0.3) is 0 Å². The van der Waals surface area contributed by atoms with Gasteiger partial charge in [0.05, 0.1) is 4.47 Å². The van der Waals surface area contributed by atoms with E-state index in [1.807, 2.05) is 12.1 Å². The zero-order valence-corrected chi connectivity index (χ0v) is 11.8. The van der Waals surface area contributed by atoms with Gasteiger partial charge in [-0.2, -0.15) is 0 Å². The molecule has 2 aromatic rings. The average molecular weight is 319 g/mol. The lowest BCUT2D eigenvalue weighted by atomic mass is 9.74. The van der Waals surface area contributed by atoms with E-state index in [9.17, 15) is 9.18 Å². The molecule has 0 heterocycles. The predicted octanol–water partition coefficient (Wildman–Crippen LogP) is 4.50. The average Bonchev–Trinajstić information content (AvgIpc) is 2.39. The number of carbonyl (C=O) groups is 1. The molecule has 1 unspecified atom stereocenters. The second-order valence-corrected chi connectivity index (χ2v) is 5.62. The molecular weight excluding hydrogens is 307 g/mol. The van der Waals surface area contributed by atoms with Gasteiger partial charge < -0.3 is 0 Å². The van der Waals surface area contributed by atoms with E-state index in [0.717, 1.165) is 6.42 Å². The molecule has 1 aliphatic carbocycles. The van der Waals surface area contributed by atoms with Crippen molar-refractivity contribution in [1.29, 1.82) is 0 Å². The molecule has 96 valence electrons. The molecule has 0 saturated heterocycles. The van der Waals surface area contributed by atoms with E-state index in [2.05, 4.69) is 28.1 Å². The molecule has 0 aromatic heterocycles. The lowest BCUT2D eigenvalue weighted by Gasteiger charge is -2.29. The van der Waals surface area contributed by atoms with Crippen LogP contribution in [0.1, 0.15) is 33.8 Å². The zero-order chi connectivity index (χ0) is 13.4. The standard InChI is InChI=1S/C16H12BrFO/c17-16-13(6-3-7-14(16)18)15(19)9-11-8-10-4-1-2-5-12(10)11/h1-7,11H,8-9H2. The highest BCUT2D eigenvalue weighted by Gasteiger charge is 2.28. The van der Waals surface area contributed by atoms with E-state index in [4.69, 9.17) is 0 Å². The van der Waals surface area contributed by atoms with Gasteiger partial charge in [-0.05, 0) is 45.5 Å². The second kappa shape index (κ2) is 4.89. The van der Waals surface area contributed by atoms with Crippen LogP contribution in [-0.4, -0.2) is 5.78 Å². The summed E-state index contributed by atoms with van der Waals surface area (Å²) in [5.74, 6) is -0.121. The third kappa shape index (κ3) is 2.23. The minimum absolute atomic E-state index is 0.00845. The topological polar surface area (TPSA) is 17.1 Å². The van der Waals surface area contributed by atoms with Crippen LogP contribution in [-0.2, 0) is 6.42 Å². The number of fused-ring (bicyclic) bond motifs is 1. The number of halogens is 2. The number of Topliss-reactive ketones (excluding diaryl/α,β-unsaturated/α-hetero) is 1. The summed E-state index contributed by atoms with van der Waals surface area (Å²) < 4.78 is 13.7. The van der Waals surface area contributed by atoms with Crippen LogP contribution in [0.4, 0.5) is 4.39 Å². The van der Waals surface area contributed by atoms with E-state index < -0.39 is 0 Å². The Kier molecular flexibility index (Phi) is 3.23. The van der Waals surface area contributed by atoms with Gasteiger partial charge >= 0.3 is 0 Å². The molecule has 0 saturated carbocycles. The summed E-state index contributed by atoms with van der Waals surface area (Å²) in [6.07, 6.45) is 1.38. The SMILES string of the molecule is O=C(CC1Cc2ccccc21)c1cccc(F)c1Br. The van der Waals surface area contributed by atoms with Gasteiger partial charge in [-0.1, -0.05) is 36.4 Å². The third-order valence-electron chi connectivity index (χ3n) is 3.65. The minimum Gasteiger partial charge on any atom is -0.294 e. The van der Waals surface area contributed by atoms with Crippen LogP contribution in [0.15, 0.2) is 46.9 Å². The van der Waals surface area contributed by atoms with Crippen molar-refractivity contribution in [3.63, 3.8) is 0 Å². The maximum atomic E-state index is 13.4. The Bertz CT molecular complexity index is 651. The first-order valence-corrected chi connectivity index (χ1v) is 7.01. The van der Waals surface area contributed by atoms with Crippen LogP contribution in [0.3, 0.4) is 0 Å². The predicted molar refractivity (Wildman–Crippen MR) is 75.9 cm³/mol. The third-order valence-corrected chi connectivity index (χ3v) is 4.45. The molecule has 0 spiro atoms. The first-order chi connectivity index (χ1) is 9.16. The summed E-state index contributed by atoms with van der Waals surface area (Å²) in [7, 11) is 0. The smallest absolute Gasteiger partial charge is 0.164 e. The van der Waals surface area contributed by atoms with E-state index in [1.54, 1.807) is 12.1 Å². The lowest BCUT2D eigenvalue weighted by Crippen LogP contribution is -2.20. The Hall–Kier alpha value is -1.48. The minimum atomic E-state index is -0.389. The van der Waals surface area contributed by atoms with Gasteiger partial charge in [0.2, 0.25) is 0 Å². The van der Waals surface area contributed by atoms with Gasteiger partial charge in [0.25, 0.3) is 0 Å². The molecule has 19 heavy (non-hydrogen) atoms. The van der Waals surface area contributed by atoms with Crippen LogP contribution in [0, 0.1) is 5.82 Å². The highest BCUT2D eigenvalue weighted by atomic mass is 79.9. The van der Waals surface area contributed by atoms with Crippen LogP contribution >= 0.6 is 15.9 Å². The number of rotatable bonds is 3. The van der Waals surface area contributed by atoms with Crippen molar-refractivity contribution < 1.29 is 9.18 Å². The molecule has 1 aliphatic rings. The van der Waals surface area contributed by atoms with E-state index in [-0.39, 0.29) is 22.0 Å². The van der Waals surface area contributed by atoms with Crippen molar-refractivity contribution in [2.24, 2.45) is 0 Å². The van der Waals surface area contributed by atoms with Gasteiger partial charge in [-0.15, -0.1) is 0 Å². The van der Waals surface area contributed by atoms with E-state index in [0.29, 0.717) is 12.0 Å². The van der Waals surface area contributed by atoms with Crippen molar-refractivity contribution in [3.05, 3.63) is 69.4 Å². The highest BCUT2D eigenvalue weighted by Crippen LogP contribution is 2.38. The fourth-order valence-corrected chi connectivity index (χ4v) is 3.08. The van der Waals surface area contributed by atoms with Crippen molar-refractivity contribution in [1.82, 2.24) is 0 Å². The van der Waals surface area contributed by atoms with Crippen LogP contribution in [0.2, 0.25) is 0 Å². The van der Waals surface area contributed by atoms with Gasteiger partial charge in [0, 0.05) is 12.0 Å². The van der Waals surface area contributed by atoms with Crippen LogP contribution < -0.4 is 0 Å². The molecule has 1 atom stereocenters. The summed E-state index contributed by atoms with van der Waals surface area (Å²) in [5.41, 5.74) is 3.01. The molecule has 3 rings (SSSR count). The van der Waals surface area contributed by atoms with Crippen molar-refractivity contribution >= 4 is 21.7 Å². The molecule has 0 bridgehead atoms. The summed E-state index contributed by atoms with van der Waals surface area (Å²) >= 11 is 3.15. The maximum Gasteiger partial charge on any atom is 0.164 e. The molecule has 1 nitrogen and oxygen atoms in total. The Morgan fingerprint density at radius 2 is 2.00 bits per heavy atom. The maximum absolute atomic E-state index is 13.4. The number of hydrogen-bond acceptors (Lipinski definition) is 1. The summed E-state index contributed by atoms with van der Waals surface area (Å²) in [5, 5.41) is 0. The summed E-state index contributed by atoms with van der Waals surface area (Å²) in [6.45, 7) is 0. The van der Waals surface area contributed by atoms with Gasteiger partial charge in [0.15, 0.2) is 5.78 Å². The van der Waals surface area contributed by atoms with Crippen molar-refractivity contribution in [2.75, 3.05) is 0 Å². The lowest BCUT2D eigenvalue weighted by molar-refractivity contribution is 0.0969. The van der Waals surface area contributed by atoms with Crippen molar-refractivity contribution in [3.8, 4) is 0 Å². The number of carbonyl (C=O) groups excluding carboxylic acids is 1. The largest absolute Gasteiger partial charge is 0.294 e. The molecule has 0 radical (unpaired) electrons. The van der Waals surface area contributed by atoms with Gasteiger partial charge in [-0.3, -0.25) is 4.79 Å². The van der Waals surface area contributed by atoms with E-state index in [1.165, 1.54) is 17.2 Å². The fraction of sp³-hybridized carbons (Fsp3) is 0.188. The molecular formula is C16H12BrFO. The van der Waals surface area contributed by atoms with Gasteiger partial charge in [-0.25, -0.2) is 4.39 Å². The van der Waals surface area contributed by atoms with E-state index >= 15 is 0 Å². The molecule has 0 amide bonds. The number of hydrogen-bond donors (Lipinski definition) is 0. The highest BCUT2D eigenvalue weighted by molar-refractivity contribution is 9.10. The van der Waals surface area contributed by atoms with Crippen LogP contribution in [0.5, 0.6) is 0 Å². The summed E-state index contributed by atoms with van der Waals surface area (Å²) in [6, 6.07) is 12.8. The molecule has 0 aliphatic heterocycles. The Labute approximate surface area is 119 Å². The number of ketones is 1.